The zero-order chi connectivity index (χ0) is 36.3. The van der Waals surface area contributed by atoms with Gasteiger partial charge in [0.05, 0.1) is 28.4 Å². The number of aromatic nitrogens is 4. The van der Waals surface area contributed by atoms with E-state index in [0.717, 1.165) is 89.0 Å². The van der Waals surface area contributed by atoms with Crippen LogP contribution in [0.4, 0.5) is 0 Å². The molecule has 55 heavy (non-hydrogen) atoms. The maximum absolute atomic E-state index is 6.75. The fourth-order valence-electron chi connectivity index (χ4n) is 8.20. The Morgan fingerprint density at radius 3 is 1.84 bits per heavy atom. The van der Waals surface area contributed by atoms with E-state index in [1.807, 2.05) is 30.6 Å². The zero-order valence-electron chi connectivity index (χ0n) is 29.7. The van der Waals surface area contributed by atoms with Gasteiger partial charge in [0, 0.05) is 39.4 Å². The van der Waals surface area contributed by atoms with Gasteiger partial charge in [-0.05, 0) is 88.3 Å². The molecule has 7 aromatic carbocycles. The number of imidazole rings is 1. The molecule has 11 aromatic rings. The number of hydrogen-bond donors (Lipinski definition) is 0. The lowest BCUT2D eigenvalue weighted by Gasteiger charge is -2.18. The molecule has 11 rings (SSSR count). The van der Waals surface area contributed by atoms with Gasteiger partial charge in [0.2, 0.25) is 0 Å². The second-order valence-electron chi connectivity index (χ2n) is 13.8. The van der Waals surface area contributed by atoms with E-state index in [1.165, 1.54) is 10.9 Å². The molecule has 0 aliphatic carbocycles. The lowest BCUT2D eigenvalue weighted by atomic mass is 9.92. The molecular formula is C50H32N4O. The van der Waals surface area contributed by atoms with E-state index in [-0.39, 0.29) is 0 Å². The lowest BCUT2D eigenvalue weighted by Crippen LogP contribution is -1.97. The van der Waals surface area contributed by atoms with Crippen LogP contribution in [-0.2, 0) is 0 Å². The van der Waals surface area contributed by atoms with E-state index in [4.69, 9.17) is 14.7 Å². The molecule has 5 heteroatoms. The number of fused-ring (bicyclic) bond motifs is 9. The molecular weight excluding hydrogens is 673 g/mol. The topological polar surface area (TPSA) is 44.3 Å². The summed E-state index contributed by atoms with van der Waals surface area (Å²) in [5, 5.41) is 5.61. The van der Waals surface area contributed by atoms with Crippen LogP contribution in [0.15, 0.2) is 194 Å². The Balaban J connectivity index is 1.15. The summed E-state index contributed by atoms with van der Waals surface area (Å²) in [6.07, 6.45) is 3.83. The van der Waals surface area contributed by atoms with Crippen LogP contribution in [0.5, 0.6) is 11.5 Å². The molecule has 0 saturated carbocycles. The maximum Gasteiger partial charge on any atom is 0.145 e. The Morgan fingerprint density at radius 1 is 0.418 bits per heavy atom. The van der Waals surface area contributed by atoms with E-state index in [0.29, 0.717) is 0 Å². The van der Waals surface area contributed by atoms with Gasteiger partial charge in [0.15, 0.2) is 0 Å². The van der Waals surface area contributed by atoms with Crippen LogP contribution in [0.3, 0.4) is 0 Å². The molecule has 0 unspecified atom stereocenters. The van der Waals surface area contributed by atoms with Crippen molar-refractivity contribution in [1.82, 2.24) is 18.9 Å². The van der Waals surface area contributed by atoms with Crippen molar-refractivity contribution >= 4 is 49.1 Å². The van der Waals surface area contributed by atoms with Crippen LogP contribution in [0.1, 0.15) is 0 Å². The standard InChI is InChI=1S/C50H32N4O/c1-4-14-33(15-5-1)36-28-42(34-16-6-2-7-17-34)49-41-26-24-37(30-43(41)50-52-32-47(54(50)46(49)29-36)35-18-8-3-9-19-35)55-38-23-25-40-39-20-10-11-21-44(39)53(45(40)31-38)48-22-12-13-27-51-48/h1-32H. The Bertz CT molecular complexity index is 3210. The van der Waals surface area contributed by atoms with Crippen molar-refractivity contribution in [1.29, 1.82) is 0 Å². The average Bonchev–Trinajstić information content (AvgIpc) is 3.85. The zero-order valence-corrected chi connectivity index (χ0v) is 29.7. The molecule has 0 N–H and O–H groups in total. The van der Waals surface area contributed by atoms with Gasteiger partial charge in [0.25, 0.3) is 0 Å². The summed E-state index contributed by atoms with van der Waals surface area (Å²) < 4.78 is 11.3. The molecule has 0 atom stereocenters. The van der Waals surface area contributed by atoms with E-state index in [9.17, 15) is 0 Å². The normalized spacial score (nSPS) is 11.6. The molecule has 0 fully saturated rings. The second kappa shape index (κ2) is 12.6. The Labute approximate surface area is 317 Å². The predicted octanol–water partition coefficient (Wildman–Crippen LogP) is 12.9. The predicted molar refractivity (Wildman–Crippen MR) is 225 cm³/mol. The van der Waals surface area contributed by atoms with Gasteiger partial charge < -0.3 is 4.74 Å². The van der Waals surface area contributed by atoms with Crippen molar-refractivity contribution in [3.63, 3.8) is 0 Å². The number of benzene rings is 7. The lowest BCUT2D eigenvalue weighted by molar-refractivity contribution is 0.484. The summed E-state index contributed by atoms with van der Waals surface area (Å²) in [6.45, 7) is 0. The number of para-hydroxylation sites is 1. The van der Waals surface area contributed by atoms with Gasteiger partial charge in [-0.3, -0.25) is 8.97 Å². The summed E-state index contributed by atoms with van der Waals surface area (Å²) in [4.78, 5) is 9.85. The fraction of sp³-hybridized carbons (Fsp3) is 0. The highest BCUT2D eigenvalue weighted by Gasteiger charge is 2.20. The first-order valence-corrected chi connectivity index (χ1v) is 18.5. The van der Waals surface area contributed by atoms with Gasteiger partial charge >= 0.3 is 0 Å². The number of ether oxygens (including phenoxy) is 1. The molecule has 258 valence electrons. The number of hydrogen-bond acceptors (Lipinski definition) is 3. The quantitative estimate of drug-likeness (QED) is 0.162. The first kappa shape index (κ1) is 31.1. The molecule has 5 nitrogen and oxygen atoms in total. The summed E-state index contributed by atoms with van der Waals surface area (Å²) in [5.74, 6) is 2.35. The first-order chi connectivity index (χ1) is 27.3. The second-order valence-corrected chi connectivity index (χ2v) is 13.8. The van der Waals surface area contributed by atoms with Crippen LogP contribution in [0, 0.1) is 0 Å². The number of rotatable bonds is 6. The van der Waals surface area contributed by atoms with Crippen LogP contribution in [0.25, 0.3) is 88.5 Å². The molecule has 0 aliphatic heterocycles. The van der Waals surface area contributed by atoms with E-state index in [2.05, 4.69) is 173 Å². The Kier molecular flexibility index (Phi) is 7.10. The minimum absolute atomic E-state index is 0.736. The third-order valence-electron chi connectivity index (χ3n) is 10.6. The minimum atomic E-state index is 0.736. The van der Waals surface area contributed by atoms with Gasteiger partial charge in [-0.1, -0.05) is 115 Å². The summed E-state index contributed by atoms with van der Waals surface area (Å²) in [7, 11) is 0. The SMILES string of the molecule is c1ccc(-c2cc(-c3ccccc3)c3c4ccc(Oc5ccc6c7ccccc7n(-c7ccccn7)c6c5)cc4c4ncc(-c5ccccc5)n4c3c2)cc1. The molecule has 0 bridgehead atoms. The van der Waals surface area contributed by atoms with Crippen molar-refractivity contribution in [2.75, 3.05) is 0 Å². The summed E-state index contributed by atoms with van der Waals surface area (Å²) in [6, 6.07) is 63.7. The molecule has 4 aromatic heterocycles. The molecule has 0 spiro atoms. The Morgan fingerprint density at radius 2 is 1.07 bits per heavy atom. The fourth-order valence-corrected chi connectivity index (χ4v) is 8.20. The third kappa shape index (κ3) is 5.09. The minimum Gasteiger partial charge on any atom is -0.457 e. The molecule has 0 radical (unpaired) electrons. The van der Waals surface area contributed by atoms with Crippen LogP contribution in [0.2, 0.25) is 0 Å². The third-order valence-corrected chi connectivity index (χ3v) is 10.6. The number of pyridine rings is 2. The van der Waals surface area contributed by atoms with Gasteiger partial charge in [0.1, 0.15) is 23.0 Å². The highest BCUT2D eigenvalue weighted by atomic mass is 16.5. The smallest absolute Gasteiger partial charge is 0.145 e. The highest BCUT2D eigenvalue weighted by Crippen LogP contribution is 2.43. The van der Waals surface area contributed by atoms with Crippen molar-refractivity contribution in [2.45, 2.75) is 0 Å². The Hall–Kier alpha value is -7.50. The maximum atomic E-state index is 6.75. The molecule has 0 saturated heterocycles. The molecule has 4 heterocycles. The molecule has 0 amide bonds. The first-order valence-electron chi connectivity index (χ1n) is 18.5. The number of nitrogens with zero attached hydrogens (tertiary/aromatic N) is 4. The van der Waals surface area contributed by atoms with Gasteiger partial charge in [-0.2, -0.15) is 0 Å². The average molecular weight is 705 g/mol. The van der Waals surface area contributed by atoms with Gasteiger partial charge in [-0.15, -0.1) is 0 Å². The van der Waals surface area contributed by atoms with Crippen LogP contribution < -0.4 is 4.74 Å². The van der Waals surface area contributed by atoms with E-state index >= 15 is 0 Å². The van der Waals surface area contributed by atoms with Crippen molar-refractivity contribution in [3.05, 3.63) is 194 Å². The summed E-state index contributed by atoms with van der Waals surface area (Å²) in [5.41, 5.74) is 10.9. The van der Waals surface area contributed by atoms with E-state index in [1.54, 1.807) is 0 Å². The van der Waals surface area contributed by atoms with Crippen LogP contribution in [-0.4, -0.2) is 18.9 Å². The monoisotopic (exact) mass is 704 g/mol. The molecule has 0 aliphatic rings. The van der Waals surface area contributed by atoms with Crippen molar-refractivity contribution in [3.8, 4) is 50.8 Å². The van der Waals surface area contributed by atoms with Gasteiger partial charge in [-0.25, -0.2) is 9.97 Å². The van der Waals surface area contributed by atoms with Crippen molar-refractivity contribution in [2.24, 2.45) is 0 Å². The van der Waals surface area contributed by atoms with Crippen molar-refractivity contribution < 1.29 is 4.74 Å². The largest absolute Gasteiger partial charge is 0.457 e. The van der Waals surface area contributed by atoms with E-state index < -0.39 is 0 Å². The van der Waals surface area contributed by atoms with Crippen LogP contribution >= 0.6 is 0 Å². The highest BCUT2D eigenvalue weighted by molar-refractivity contribution is 6.19. The summed E-state index contributed by atoms with van der Waals surface area (Å²) >= 11 is 0.